The standard InChI is InChI=1S/C20H20N2O3/c1-13-4-6-14(7-5-13)17-3-2-10-22(17)20(24)15-8-9-16-18(11-15)25-12-19(23)21-16/h4-9,11,17H,2-3,10,12H2,1H3,(H,21,23)/t17-/m0/s1. The Hall–Kier alpha value is -2.82. The Labute approximate surface area is 146 Å². The molecule has 5 heteroatoms. The van der Waals surface area contributed by atoms with Crippen LogP contribution in [-0.2, 0) is 4.79 Å². The van der Waals surface area contributed by atoms with Crippen molar-refractivity contribution >= 4 is 17.5 Å². The Morgan fingerprint density at radius 2 is 2.00 bits per heavy atom. The van der Waals surface area contributed by atoms with Crippen molar-refractivity contribution in [2.45, 2.75) is 25.8 Å². The molecule has 4 rings (SSSR count). The molecular formula is C20H20N2O3. The van der Waals surface area contributed by atoms with E-state index in [9.17, 15) is 9.59 Å². The molecule has 25 heavy (non-hydrogen) atoms. The first-order valence-electron chi connectivity index (χ1n) is 8.56. The number of hydrogen-bond acceptors (Lipinski definition) is 3. The van der Waals surface area contributed by atoms with Crippen LogP contribution in [0.5, 0.6) is 5.75 Å². The molecule has 0 bridgehead atoms. The van der Waals surface area contributed by atoms with Gasteiger partial charge >= 0.3 is 0 Å². The first-order chi connectivity index (χ1) is 12.1. The van der Waals surface area contributed by atoms with Crippen LogP contribution >= 0.6 is 0 Å². The van der Waals surface area contributed by atoms with Crippen molar-refractivity contribution in [2.75, 3.05) is 18.5 Å². The van der Waals surface area contributed by atoms with Gasteiger partial charge < -0.3 is 15.0 Å². The second-order valence-corrected chi connectivity index (χ2v) is 6.62. The number of anilines is 1. The smallest absolute Gasteiger partial charge is 0.262 e. The van der Waals surface area contributed by atoms with Gasteiger partial charge in [0, 0.05) is 12.1 Å². The number of hydrogen-bond donors (Lipinski definition) is 1. The van der Waals surface area contributed by atoms with Crippen LogP contribution in [0.15, 0.2) is 42.5 Å². The largest absolute Gasteiger partial charge is 0.482 e. The molecule has 0 aliphatic carbocycles. The molecule has 1 fully saturated rings. The second-order valence-electron chi connectivity index (χ2n) is 6.62. The zero-order chi connectivity index (χ0) is 17.4. The number of carbonyl (C=O) groups is 2. The number of carbonyl (C=O) groups excluding carboxylic acids is 2. The van der Waals surface area contributed by atoms with Gasteiger partial charge in [-0.15, -0.1) is 0 Å². The molecule has 0 aromatic heterocycles. The molecule has 128 valence electrons. The molecule has 5 nitrogen and oxygen atoms in total. The fourth-order valence-electron chi connectivity index (χ4n) is 3.52. The number of benzene rings is 2. The molecule has 0 unspecified atom stereocenters. The lowest BCUT2D eigenvalue weighted by Crippen LogP contribution is -2.31. The number of amides is 2. The van der Waals surface area contributed by atoms with Crippen molar-refractivity contribution in [1.82, 2.24) is 4.90 Å². The van der Waals surface area contributed by atoms with Gasteiger partial charge in [0.05, 0.1) is 11.7 Å². The summed E-state index contributed by atoms with van der Waals surface area (Å²) in [5, 5.41) is 2.75. The lowest BCUT2D eigenvalue weighted by Gasteiger charge is -2.26. The van der Waals surface area contributed by atoms with Gasteiger partial charge in [-0.3, -0.25) is 9.59 Å². The number of aryl methyl sites for hydroxylation is 1. The normalized spacial score (nSPS) is 19.2. The van der Waals surface area contributed by atoms with E-state index in [0.717, 1.165) is 19.4 Å². The molecule has 0 spiro atoms. The summed E-state index contributed by atoms with van der Waals surface area (Å²) in [5.74, 6) is 0.383. The quantitative estimate of drug-likeness (QED) is 0.915. The van der Waals surface area contributed by atoms with Gasteiger partial charge in [-0.25, -0.2) is 0 Å². The van der Waals surface area contributed by atoms with E-state index in [1.54, 1.807) is 18.2 Å². The van der Waals surface area contributed by atoms with E-state index in [1.165, 1.54) is 11.1 Å². The van der Waals surface area contributed by atoms with E-state index in [-0.39, 0.29) is 24.5 Å². The minimum Gasteiger partial charge on any atom is -0.482 e. The van der Waals surface area contributed by atoms with E-state index in [0.29, 0.717) is 17.0 Å². The summed E-state index contributed by atoms with van der Waals surface area (Å²) in [6, 6.07) is 13.7. The summed E-state index contributed by atoms with van der Waals surface area (Å²) >= 11 is 0. The summed E-state index contributed by atoms with van der Waals surface area (Å²) in [6.07, 6.45) is 1.98. The van der Waals surface area contributed by atoms with Crippen molar-refractivity contribution in [3.05, 3.63) is 59.2 Å². The monoisotopic (exact) mass is 336 g/mol. The van der Waals surface area contributed by atoms with Crippen molar-refractivity contribution in [3.8, 4) is 5.75 Å². The van der Waals surface area contributed by atoms with E-state index >= 15 is 0 Å². The van der Waals surface area contributed by atoms with Gasteiger partial charge in [0.1, 0.15) is 5.75 Å². The Kier molecular flexibility index (Phi) is 3.92. The van der Waals surface area contributed by atoms with Gasteiger partial charge in [0.25, 0.3) is 11.8 Å². The maximum atomic E-state index is 13.0. The Morgan fingerprint density at radius 1 is 1.20 bits per heavy atom. The molecule has 2 amide bonds. The van der Waals surface area contributed by atoms with Crippen LogP contribution in [0.4, 0.5) is 5.69 Å². The molecule has 0 radical (unpaired) electrons. The van der Waals surface area contributed by atoms with Crippen LogP contribution in [0.1, 0.15) is 40.4 Å². The van der Waals surface area contributed by atoms with Gasteiger partial charge in [0.15, 0.2) is 6.61 Å². The highest BCUT2D eigenvalue weighted by atomic mass is 16.5. The number of nitrogens with zero attached hydrogens (tertiary/aromatic N) is 1. The van der Waals surface area contributed by atoms with Crippen LogP contribution in [0.25, 0.3) is 0 Å². The van der Waals surface area contributed by atoms with Crippen LogP contribution in [-0.4, -0.2) is 29.9 Å². The van der Waals surface area contributed by atoms with Gasteiger partial charge in [0.2, 0.25) is 0 Å². The summed E-state index contributed by atoms with van der Waals surface area (Å²) in [6.45, 7) is 2.81. The molecule has 1 saturated heterocycles. The third-order valence-electron chi connectivity index (χ3n) is 4.84. The number of rotatable bonds is 2. The predicted molar refractivity (Wildman–Crippen MR) is 94.8 cm³/mol. The number of fused-ring (bicyclic) bond motifs is 1. The Balaban J connectivity index is 1.59. The highest BCUT2D eigenvalue weighted by Crippen LogP contribution is 2.35. The fraction of sp³-hybridized carbons (Fsp3) is 0.300. The Morgan fingerprint density at radius 3 is 2.80 bits per heavy atom. The molecule has 2 aromatic rings. The van der Waals surface area contributed by atoms with Crippen LogP contribution < -0.4 is 10.1 Å². The third kappa shape index (κ3) is 2.97. The van der Waals surface area contributed by atoms with Crippen molar-refractivity contribution < 1.29 is 14.3 Å². The maximum Gasteiger partial charge on any atom is 0.262 e. The summed E-state index contributed by atoms with van der Waals surface area (Å²) in [4.78, 5) is 26.3. The fourth-order valence-corrected chi connectivity index (χ4v) is 3.52. The highest BCUT2D eigenvalue weighted by molar-refractivity contribution is 5.99. The number of nitrogens with one attached hydrogen (secondary N) is 1. The number of likely N-dealkylation sites (tertiary alicyclic amines) is 1. The van der Waals surface area contributed by atoms with Gasteiger partial charge in [-0.1, -0.05) is 29.8 Å². The average Bonchev–Trinajstić information content (AvgIpc) is 3.11. The molecule has 2 heterocycles. The zero-order valence-electron chi connectivity index (χ0n) is 14.1. The third-order valence-corrected chi connectivity index (χ3v) is 4.84. The Bertz CT molecular complexity index is 829. The SMILES string of the molecule is Cc1ccc([C@@H]2CCCN2C(=O)c2ccc3c(c2)OCC(=O)N3)cc1. The number of ether oxygens (including phenoxy) is 1. The average molecular weight is 336 g/mol. The molecular weight excluding hydrogens is 316 g/mol. The van der Waals surface area contributed by atoms with Crippen molar-refractivity contribution in [1.29, 1.82) is 0 Å². The molecule has 1 atom stereocenters. The first-order valence-corrected chi connectivity index (χ1v) is 8.56. The van der Waals surface area contributed by atoms with E-state index in [1.807, 2.05) is 4.90 Å². The van der Waals surface area contributed by atoms with Crippen LogP contribution in [0.2, 0.25) is 0 Å². The maximum absolute atomic E-state index is 13.0. The molecule has 1 N–H and O–H groups in total. The summed E-state index contributed by atoms with van der Waals surface area (Å²) < 4.78 is 5.43. The van der Waals surface area contributed by atoms with Gasteiger partial charge in [-0.2, -0.15) is 0 Å². The van der Waals surface area contributed by atoms with E-state index in [4.69, 9.17) is 4.74 Å². The highest BCUT2D eigenvalue weighted by Gasteiger charge is 2.31. The summed E-state index contributed by atoms with van der Waals surface area (Å²) in [5.41, 5.74) is 3.60. The van der Waals surface area contributed by atoms with Gasteiger partial charge in [-0.05, 0) is 43.5 Å². The van der Waals surface area contributed by atoms with Crippen molar-refractivity contribution in [3.63, 3.8) is 0 Å². The minimum absolute atomic E-state index is 0.00590. The molecule has 2 aliphatic heterocycles. The van der Waals surface area contributed by atoms with Crippen molar-refractivity contribution in [2.24, 2.45) is 0 Å². The van der Waals surface area contributed by atoms with Crippen LogP contribution in [0, 0.1) is 6.92 Å². The lowest BCUT2D eigenvalue weighted by atomic mass is 10.0. The lowest BCUT2D eigenvalue weighted by molar-refractivity contribution is -0.118. The topological polar surface area (TPSA) is 58.6 Å². The zero-order valence-corrected chi connectivity index (χ0v) is 14.1. The van der Waals surface area contributed by atoms with Crippen LogP contribution in [0.3, 0.4) is 0 Å². The molecule has 2 aliphatic rings. The second kappa shape index (κ2) is 6.24. The van der Waals surface area contributed by atoms with E-state index in [2.05, 4.69) is 36.5 Å². The van der Waals surface area contributed by atoms with E-state index < -0.39 is 0 Å². The molecule has 2 aromatic carbocycles. The molecule has 0 saturated carbocycles. The first kappa shape index (κ1) is 15.7. The minimum atomic E-state index is -0.175. The predicted octanol–water partition coefficient (Wildman–Crippen LogP) is 3.30. The summed E-state index contributed by atoms with van der Waals surface area (Å²) in [7, 11) is 0.